The van der Waals surface area contributed by atoms with Crippen LogP contribution in [0.25, 0.3) is 17.1 Å². The van der Waals surface area contributed by atoms with E-state index in [0.717, 1.165) is 22.4 Å². The van der Waals surface area contributed by atoms with E-state index in [1.54, 1.807) is 36.4 Å². The molecule has 0 radical (unpaired) electrons. The van der Waals surface area contributed by atoms with Crippen molar-refractivity contribution in [1.82, 2.24) is 8.96 Å². The number of carbonyl (C=O) groups excluding carboxylic acids is 1. The molecule has 0 N–H and O–H groups in total. The number of pyridine rings is 1. The molecule has 40 heavy (non-hydrogen) atoms. The number of benzene rings is 2. The fourth-order valence-corrected chi connectivity index (χ4v) is 7.29. The molecule has 2 heterocycles. The van der Waals surface area contributed by atoms with Crippen LogP contribution in [0.4, 0.5) is 0 Å². The van der Waals surface area contributed by atoms with Crippen molar-refractivity contribution in [3.05, 3.63) is 95.5 Å². The third-order valence-electron chi connectivity index (χ3n) is 6.89. The molecule has 1 fully saturated rings. The van der Waals surface area contributed by atoms with Crippen LogP contribution in [0.15, 0.2) is 88.5 Å². The molecule has 0 saturated heterocycles. The number of fused-ring (bicyclic) bond motifs is 1. The number of aromatic nitrogens is 2. The number of methoxy groups -OCH3 is 1. The minimum atomic E-state index is -4.19. The number of allylic oxidation sites excluding steroid dienone is 1. The van der Waals surface area contributed by atoms with E-state index in [4.69, 9.17) is 8.92 Å². The molecule has 1 aliphatic rings. The largest absolute Gasteiger partial charge is 0.465 e. The molecule has 2 aromatic heterocycles. The smallest absolute Gasteiger partial charge is 0.339 e. The van der Waals surface area contributed by atoms with Crippen molar-refractivity contribution in [1.29, 1.82) is 0 Å². The first-order valence-electron chi connectivity index (χ1n) is 12.7. The van der Waals surface area contributed by atoms with Gasteiger partial charge in [0.05, 0.1) is 23.3 Å². The molecule has 1 saturated carbocycles. The van der Waals surface area contributed by atoms with Gasteiger partial charge in [0.1, 0.15) is 10.7 Å². The Morgan fingerprint density at radius 3 is 2.27 bits per heavy atom. The van der Waals surface area contributed by atoms with Crippen LogP contribution in [0, 0.1) is 12.8 Å². The Hall–Kier alpha value is -3.96. The summed E-state index contributed by atoms with van der Waals surface area (Å²) in [6, 6.07) is 17.2. The van der Waals surface area contributed by atoms with Gasteiger partial charge in [-0.15, -0.1) is 0 Å². The van der Waals surface area contributed by atoms with E-state index in [9.17, 15) is 21.6 Å². The summed E-state index contributed by atoms with van der Waals surface area (Å²) >= 11 is 0. The highest BCUT2D eigenvalue weighted by Gasteiger charge is 2.29. The van der Waals surface area contributed by atoms with Crippen molar-refractivity contribution >= 4 is 43.2 Å². The van der Waals surface area contributed by atoms with E-state index in [2.05, 4.69) is 4.98 Å². The second-order valence-electron chi connectivity index (χ2n) is 9.66. The summed E-state index contributed by atoms with van der Waals surface area (Å²) < 4.78 is 65.9. The number of rotatable bonds is 8. The molecule has 0 aliphatic heterocycles. The topological polar surface area (TPSA) is 122 Å². The Kier molecular flexibility index (Phi) is 7.52. The fourth-order valence-electron chi connectivity index (χ4n) is 4.82. The number of hydrogen-bond acceptors (Lipinski definition) is 8. The van der Waals surface area contributed by atoms with E-state index in [1.165, 1.54) is 49.7 Å². The summed E-state index contributed by atoms with van der Waals surface area (Å²) in [4.78, 5) is 16.5. The zero-order valence-electron chi connectivity index (χ0n) is 22.0. The Balaban J connectivity index is 1.71. The molecule has 0 unspecified atom stereocenters. The number of hydrogen-bond donors (Lipinski definition) is 0. The third-order valence-corrected chi connectivity index (χ3v) is 9.88. The lowest BCUT2D eigenvalue weighted by atomic mass is 10.1. The van der Waals surface area contributed by atoms with E-state index in [-0.39, 0.29) is 38.4 Å². The van der Waals surface area contributed by atoms with Gasteiger partial charge in [-0.25, -0.2) is 22.2 Å². The molecule has 2 aromatic carbocycles. The van der Waals surface area contributed by atoms with E-state index >= 15 is 0 Å². The number of esters is 1. The summed E-state index contributed by atoms with van der Waals surface area (Å²) in [6.45, 7) is 1.85. The van der Waals surface area contributed by atoms with Gasteiger partial charge >= 0.3 is 16.1 Å². The highest BCUT2D eigenvalue weighted by Crippen LogP contribution is 2.36. The number of carbonyl (C=O) groups is 1. The standard InChI is InChI=1S/C29H28N2O7S2/c1-20-12-14-26(15-13-20)40(35,36)38-27(21-8-6-7-9-21)18-24-17-22-16-23(29(32)37-2)19-30-28(22)31(24)39(33,34)25-10-4-3-5-11-25/h3-5,10-19,21H,6-9H2,1-2H3. The quantitative estimate of drug-likeness (QED) is 0.156. The predicted octanol–water partition coefficient (Wildman–Crippen LogP) is 5.30. The minimum absolute atomic E-state index is 0.00355. The molecule has 1 aliphatic carbocycles. The predicted molar refractivity (Wildman–Crippen MR) is 149 cm³/mol. The maximum Gasteiger partial charge on any atom is 0.339 e. The van der Waals surface area contributed by atoms with Gasteiger partial charge in [0.25, 0.3) is 10.0 Å². The van der Waals surface area contributed by atoms with Crippen molar-refractivity contribution in [2.45, 2.75) is 42.4 Å². The summed E-state index contributed by atoms with van der Waals surface area (Å²) in [5.41, 5.74) is 1.28. The highest BCUT2D eigenvalue weighted by molar-refractivity contribution is 7.90. The Bertz CT molecular complexity index is 1800. The first kappa shape index (κ1) is 27.6. The van der Waals surface area contributed by atoms with Gasteiger partial charge in [-0.05, 0) is 56.2 Å². The molecule has 0 atom stereocenters. The van der Waals surface area contributed by atoms with Crippen LogP contribution < -0.4 is 0 Å². The molecule has 0 spiro atoms. The summed E-state index contributed by atoms with van der Waals surface area (Å²) in [7, 11) is -7.12. The lowest BCUT2D eigenvalue weighted by Crippen LogP contribution is -2.16. The van der Waals surface area contributed by atoms with Gasteiger partial charge in [-0.3, -0.25) is 0 Å². The summed E-state index contributed by atoms with van der Waals surface area (Å²) in [5, 5.41) is 0.362. The van der Waals surface area contributed by atoms with Crippen LogP contribution in [-0.4, -0.2) is 38.9 Å². The van der Waals surface area contributed by atoms with Gasteiger partial charge in [0.2, 0.25) is 0 Å². The van der Waals surface area contributed by atoms with Gasteiger partial charge in [0, 0.05) is 23.6 Å². The lowest BCUT2D eigenvalue weighted by molar-refractivity contribution is 0.0600. The molecular formula is C29H28N2O7S2. The lowest BCUT2D eigenvalue weighted by Gasteiger charge is -2.17. The second kappa shape index (κ2) is 10.9. The van der Waals surface area contributed by atoms with Crippen molar-refractivity contribution < 1.29 is 30.6 Å². The van der Waals surface area contributed by atoms with Gasteiger partial charge in [-0.2, -0.15) is 8.42 Å². The van der Waals surface area contributed by atoms with Gasteiger partial charge in [0.15, 0.2) is 5.65 Å². The monoisotopic (exact) mass is 580 g/mol. The van der Waals surface area contributed by atoms with Crippen LogP contribution >= 0.6 is 0 Å². The normalized spacial score (nSPS) is 14.9. The number of nitrogens with zero attached hydrogens (tertiary/aromatic N) is 2. The maximum atomic E-state index is 13.9. The molecule has 5 rings (SSSR count). The Morgan fingerprint density at radius 1 is 0.950 bits per heavy atom. The number of aryl methyl sites for hydroxylation is 1. The Morgan fingerprint density at radius 2 is 1.62 bits per heavy atom. The average molecular weight is 581 g/mol. The highest BCUT2D eigenvalue weighted by atomic mass is 32.2. The van der Waals surface area contributed by atoms with Crippen LogP contribution in [0.2, 0.25) is 0 Å². The van der Waals surface area contributed by atoms with Crippen LogP contribution in [-0.2, 0) is 29.1 Å². The summed E-state index contributed by atoms with van der Waals surface area (Å²) in [5.74, 6) is -0.687. The average Bonchev–Trinajstić information content (AvgIpc) is 3.61. The van der Waals surface area contributed by atoms with E-state index in [1.807, 2.05) is 6.92 Å². The molecule has 0 amide bonds. The molecule has 208 valence electrons. The zero-order valence-corrected chi connectivity index (χ0v) is 23.6. The first-order valence-corrected chi connectivity index (χ1v) is 15.6. The van der Waals surface area contributed by atoms with Crippen molar-refractivity contribution in [2.24, 2.45) is 5.92 Å². The maximum absolute atomic E-state index is 13.9. The van der Waals surface area contributed by atoms with Crippen LogP contribution in [0.5, 0.6) is 0 Å². The van der Waals surface area contributed by atoms with Crippen LogP contribution in [0.1, 0.15) is 47.3 Å². The first-order chi connectivity index (χ1) is 19.1. The molecule has 9 nitrogen and oxygen atoms in total. The minimum Gasteiger partial charge on any atom is -0.465 e. The van der Waals surface area contributed by atoms with Gasteiger partial charge in [-0.1, -0.05) is 48.7 Å². The van der Waals surface area contributed by atoms with Crippen molar-refractivity contribution in [3.63, 3.8) is 0 Å². The van der Waals surface area contributed by atoms with E-state index < -0.39 is 26.1 Å². The van der Waals surface area contributed by atoms with E-state index in [0.29, 0.717) is 18.2 Å². The number of ether oxygens (including phenoxy) is 1. The van der Waals surface area contributed by atoms with Crippen molar-refractivity contribution in [3.8, 4) is 0 Å². The van der Waals surface area contributed by atoms with Crippen LogP contribution in [0.3, 0.4) is 0 Å². The molecule has 11 heteroatoms. The fraction of sp³-hybridized carbons (Fsp3) is 0.241. The molecule has 0 bridgehead atoms. The molecule has 4 aromatic rings. The zero-order chi connectivity index (χ0) is 28.5. The molecular weight excluding hydrogens is 552 g/mol. The third kappa shape index (κ3) is 5.39. The Labute approximate surface area is 233 Å². The van der Waals surface area contributed by atoms with Gasteiger partial charge < -0.3 is 8.92 Å². The SMILES string of the molecule is COC(=O)c1cnc2c(c1)cc(C=C(OS(=O)(=O)c1ccc(C)cc1)C1CCCC1)n2S(=O)(=O)c1ccccc1. The second-order valence-corrected chi connectivity index (χ2v) is 13.0. The van der Waals surface area contributed by atoms with Crippen molar-refractivity contribution in [2.75, 3.05) is 7.11 Å². The summed E-state index contributed by atoms with van der Waals surface area (Å²) in [6.07, 6.45) is 5.89.